The molecule has 0 fully saturated rings. The number of fused-ring (bicyclic) bond motifs is 3. The summed E-state index contributed by atoms with van der Waals surface area (Å²) < 4.78 is 5.24. The molecule has 7 heteroatoms. The summed E-state index contributed by atoms with van der Waals surface area (Å²) in [6.45, 7) is 2.25. The number of benzene rings is 1. The van der Waals surface area contributed by atoms with Crippen LogP contribution >= 0.6 is 22.9 Å². The number of aromatic nitrogens is 2. The lowest BCUT2D eigenvalue weighted by Crippen LogP contribution is -2.14. The van der Waals surface area contributed by atoms with Gasteiger partial charge in [0.15, 0.2) is 12.4 Å². The van der Waals surface area contributed by atoms with Gasteiger partial charge in [0, 0.05) is 4.88 Å². The van der Waals surface area contributed by atoms with Crippen molar-refractivity contribution in [3.05, 3.63) is 56.4 Å². The Morgan fingerprint density at radius 3 is 3.00 bits per heavy atom. The van der Waals surface area contributed by atoms with Crippen LogP contribution in [0.15, 0.2) is 29.1 Å². The number of aromatic amines is 1. The summed E-state index contributed by atoms with van der Waals surface area (Å²) in [6.07, 6.45) is 4.80. The van der Waals surface area contributed by atoms with Crippen molar-refractivity contribution in [2.24, 2.45) is 5.92 Å². The molecule has 1 aliphatic carbocycles. The number of ether oxygens (including phenoxy) is 1. The fraction of sp³-hybridized carbons (Fsp3) is 0.286. The maximum atomic E-state index is 12.7. The molecule has 3 aromatic rings. The third-order valence-corrected chi connectivity index (χ3v) is 6.30. The van der Waals surface area contributed by atoms with E-state index in [1.54, 1.807) is 29.5 Å². The van der Waals surface area contributed by atoms with Crippen LogP contribution in [0.2, 0.25) is 0 Å². The zero-order chi connectivity index (χ0) is 19.7. The Bertz CT molecular complexity index is 1160. The summed E-state index contributed by atoms with van der Waals surface area (Å²) in [5, 5.41) is 9.64. The van der Waals surface area contributed by atoms with Crippen molar-refractivity contribution in [2.45, 2.75) is 26.2 Å². The van der Waals surface area contributed by atoms with Crippen LogP contribution in [0.1, 0.15) is 35.2 Å². The second-order valence-corrected chi connectivity index (χ2v) is 8.45. The Morgan fingerprint density at radius 1 is 1.46 bits per heavy atom. The predicted octanol–water partition coefficient (Wildman–Crippen LogP) is 4.75. The van der Waals surface area contributed by atoms with Crippen LogP contribution < -0.4 is 10.3 Å². The van der Waals surface area contributed by atoms with Crippen LogP contribution in [0.4, 0.5) is 0 Å². The summed E-state index contributed by atoms with van der Waals surface area (Å²) >= 11 is 8.05. The summed E-state index contributed by atoms with van der Waals surface area (Å²) in [5.41, 5.74) is 1.88. The van der Waals surface area contributed by atoms with Crippen molar-refractivity contribution < 1.29 is 4.74 Å². The van der Waals surface area contributed by atoms with Gasteiger partial charge in [0.05, 0.1) is 10.4 Å². The van der Waals surface area contributed by atoms with E-state index in [0.717, 1.165) is 40.6 Å². The van der Waals surface area contributed by atoms with E-state index >= 15 is 0 Å². The van der Waals surface area contributed by atoms with Gasteiger partial charge in [0.25, 0.3) is 5.56 Å². The third kappa shape index (κ3) is 3.68. The number of nitrogens with one attached hydrogen (secondary N) is 1. The second kappa shape index (κ2) is 7.78. The summed E-state index contributed by atoms with van der Waals surface area (Å²) in [4.78, 5) is 22.2. The molecule has 0 aliphatic heterocycles. The zero-order valence-corrected chi connectivity index (χ0v) is 16.9. The molecule has 4 rings (SSSR count). The number of rotatable bonds is 4. The first-order chi connectivity index (χ1) is 13.5. The standard InChI is InChI=1S/C21H18ClN3O2S/c1-12-2-7-15-17(10-12)28-21-18(15)20(26)24-19(25-21)16(22)11-13-3-5-14(6-4-13)27-9-8-23/h3-6,11-12H,2,7,9-10H2,1H3,(H,24,25,26)/b16-11-/t12-/m0/s1. The van der Waals surface area contributed by atoms with Gasteiger partial charge in [-0.25, -0.2) is 4.98 Å². The van der Waals surface area contributed by atoms with Gasteiger partial charge in [-0.3, -0.25) is 4.79 Å². The van der Waals surface area contributed by atoms with Gasteiger partial charge in [0.2, 0.25) is 0 Å². The highest BCUT2D eigenvalue weighted by molar-refractivity contribution is 7.18. The van der Waals surface area contributed by atoms with Gasteiger partial charge in [-0.15, -0.1) is 11.3 Å². The summed E-state index contributed by atoms with van der Waals surface area (Å²) in [7, 11) is 0. The van der Waals surface area contributed by atoms with Crippen molar-refractivity contribution >= 4 is 44.3 Å². The lowest BCUT2D eigenvalue weighted by Gasteiger charge is -2.17. The van der Waals surface area contributed by atoms with Crippen LogP contribution in [-0.2, 0) is 12.8 Å². The topological polar surface area (TPSA) is 78.8 Å². The van der Waals surface area contributed by atoms with E-state index in [1.165, 1.54) is 4.88 Å². The zero-order valence-electron chi connectivity index (χ0n) is 15.3. The molecule has 1 aromatic carbocycles. The average Bonchev–Trinajstić information content (AvgIpc) is 3.05. The van der Waals surface area contributed by atoms with Crippen LogP contribution in [0, 0.1) is 17.2 Å². The number of thiophene rings is 1. The minimum atomic E-state index is -0.126. The molecular weight excluding hydrogens is 394 g/mol. The van der Waals surface area contributed by atoms with E-state index in [0.29, 0.717) is 22.5 Å². The van der Waals surface area contributed by atoms with E-state index in [1.807, 2.05) is 18.2 Å². The van der Waals surface area contributed by atoms with Crippen LogP contribution in [0.5, 0.6) is 5.75 Å². The maximum absolute atomic E-state index is 12.7. The van der Waals surface area contributed by atoms with Gasteiger partial charge >= 0.3 is 0 Å². The highest BCUT2D eigenvalue weighted by Crippen LogP contribution is 2.36. The van der Waals surface area contributed by atoms with Gasteiger partial charge in [-0.1, -0.05) is 30.7 Å². The summed E-state index contributed by atoms with van der Waals surface area (Å²) in [5.74, 6) is 1.62. The van der Waals surface area contributed by atoms with Gasteiger partial charge in [-0.2, -0.15) is 5.26 Å². The molecule has 5 nitrogen and oxygen atoms in total. The molecule has 0 bridgehead atoms. The normalized spacial score (nSPS) is 16.6. The van der Waals surface area contributed by atoms with Crippen molar-refractivity contribution in [3.8, 4) is 11.8 Å². The molecule has 1 N–H and O–H groups in total. The minimum absolute atomic E-state index is 0.00464. The minimum Gasteiger partial charge on any atom is -0.479 e. The molecule has 0 saturated heterocycles. The lowest BCUT2D eigenvalue weighted by molar-refractivity contribution is 0.368. The molecule has 0 amide bonds. The average molecular weight is 412 g/mol. The largest absolute Gasteiger partial charge is 0.479 e. The van der Waals surface area contributed by atoms with E-state index in [9.17, 15) is 4.79 Å². The summed E-state index contributed by atoms with van der Waals surface area (Å²) in [6, 6.07) is 9.12. The second-order valence-electron chi connectivity index (χ2n) is 6.95. The van der Waals surface area contributed by atoms with Gasteiger partial charge in [0.1, 0.15) is 16.6 Å². The number of hydrogen-bond donors (Lipinski definition) is 1. The molecule has 2 aromatic heterocycles. The molecule has 0 saturated carbocycles. The molecule has 142 valence electrons. The molecule has 0 spiro atoms. The number of hydrogen-bond acceptors (Lipinski definition) is 5. The monoisotopic (exact) mass is 411 g/mol. The highest BCUT2D eigenvalue weighted by Gasteiger charge is 2.23. The fourth-order valence-corrected chi connectivity index (χ4v) is 5.05. The van der Waals surface area contributed by atoms with E-state index in [-0.39, 0.29) is 12.2 Å². The molecule has 0 unspecified atom stereocenters. The highest BCUT2D eigenvalue weighted by atomic mass is 35.5. The van der Waals surface area contributed by atoms with E-state index < -0.39 is 0 Å². The molecular formula is C21H18ClN3O2S. The smallest absolute Gasteiger partial charge is 0.260 e. The molecule has 0 radical (unpaired) electrons. The Labute approximate surface area is 171 Å². The molecule has 28 heavy (non-hydrogen) atoms. The maximum Gasteiger partial charge on any atom is 0.260 e. The number of halogens is 1. The Balaban J connectivity index is 1.66. The van der Waals surface area contributed by atoms with Crippen LogP contribution in [0.3, 0.4) is 0 Å². The van der Waals surface area contributed by atoms with E-state index in [2.05, 4.69) is 16.9 Å². The first kappa shape index (κ1) is 18.7. The Kier molecular flexibility index (Phi) is 5.21. The van der Waals surface area contributed by atoms with Crippen LogP contribution in [0.25, 0.3) is 21.3 Å². The molecule has 1 aliphatic rings. The number of nitrogens with zero attached hydrogens (tertiary/aromatic N) is 2. The first-order valence-electron chi connectivity index (χ1n) is 9.07. The van der Waals surface area contributed by atoms with E-state index in [4.69, 9.17) is 21.6 Å². The SMILES string of the molecule is C[C@H]1CCc2c(sc3nc(/C(Cl)=C/c4ccc(OCC#N)cc4)[nH]c(=O)c23)C1. The van der Waals surface area contributed by atoms with Crippen molar-refractivity contribution in [1.29, 1.82) is 5.26 Å². The van der Waals surface area contributed by atoms with Crippen molar-refractivity contribution in [2.75, 3.05) is 6.61 Å². The fourth-order valence-electron chi connectivity index (χ4n) is 3.45. The van der Waals surface area contributed by atoms with Crippen LogP contribution in [-0.4, -0.2) is 16.6 Å². The third-order valence-electron chi connectivity index (χ3n) is 4.87. The lowest BCUT2D eigenvalue weighted by atomic mass is 9.89. The van der Waals surface area contributed by atoms with Crippen molar-refractivity contribution in [1.82, 2.24) is 9.97 Å². The number of aryl methyl sites for hydroxylation is 1. The number of H-pyrrole nitrogens is 1. The van der Waals surface area contributed by atoms with Crippen molar-refractivity contribution in [3.63, 3.8) is 0 Å². The van der Waals surface area contributed by atoms with Gasteiger partial charge in [-0.05, 0) is 54.5 Å². The predicted molar refractivity (Wildman–Crippen MR) is 113 cm³/mol. The number of nitriles is 1. The van der Waals surface area contributed by atoms with Gasteiger partial charge < -0.3 is 9.72 Å². The Morgan fingerprint density at radius 2 is 2.25 bits per heavy atom. The quantitative estimate of drug-likeness (QED) is 0.671. The first-order valence-corrected chi connectivity index (χ1v) is 10.3. The molecule has 2 heterocycles. The Hall–Kier alpha value is -2.62. The molecule has 1 atom stereocenters.